The van der Waals surface area contributed by atoms with E-state index >= 15 is 0 Å². The Morgan fingerprint density at radius 1 is 0.367 bits per heavy atom. The topological polar surface area (TPSA) is 24.7 Å². The number of hydrogen-bond donors (Lipinski definition) is 0. The van der Waals surface area contributed by atoms with E-state index in [1.807, 2.05) is 6.21 Å². The minimum atomic E-state index is 0.959. The lowest BCUT2D eigenvalue weighted by atomic mass is 9.96. The van der Waals surface area contributed by atoms with Crippen LogP contribution >= 0.6 is 0 Å². The lowest BCUT2D eigenvalue weighted by Gasteiger charge is -2.11. The summed E-state index contributed by atoms with van der Waals surface area (Å²) in [6, 6.07) is 14.0. The van der Waals surface area contributed by atoms with Crippen LogP contribution in [0.3, 0.4) is 0 Å². The van der Waals surface area contributed by atoms with E-state index in [1.165, 1.54) is 241 Å². The van der Waals surface area contributed by atoms with Gasteiger partial charge in [0.1, 0.15) is 0 Å². The van der Waals surface area contributed by atoms with Crippen LogP contribution in [0.4, 0.5) is 11.4 Å². The van der Waals surface area contributed by atoms with Crippen molar-refractivity contribution in [2.24, 2.45) is 9.98 Å². The highest BCUT2D eigenvalue weighted by Crippen LogP contribution is 2.25. The van der Waals surface area contributed by atoms with Crippen molar-refractivity contribution in [2.45, 2.75) is 272 Å². The summed E-state index contributed by atoms with van der Waals surface area (Å²) < 4.78 is 0. The van der Waals surface area contributed by atoms with Crippen LogP contribution in [0.15, 0.2) is 58.5 Å². The van der Waals surface area contributed by atoms with E-state index in [4.69, 9.17) is 9.98 Å². The van der Waals surface area contributed by atoms with Crippen LogP contribution in [0.2, 0.25) is 0 Å². The van der Waals surface area contributed by atoms with Gasteiger partial charge in [-0.25, -0.2) is 4.99 Å². The number of nitrogens with zero attached hydrogens (tertiary/aromatic N) is 2. The third kappa shape index (κ3) is 28.2. The molecule has 0 unspecified atom stereocenters. The molecule has 0 bridgehead atoms. The van der Waals surface area contributed by atoms with Crippen molar-refractivity contribution in [3.8, 4) is 0 Å². The van der Waals surface area contributed by atoms with E-state index in [2.05, 4.69) is 83.2 Å². The van der Waals surface area contributed by atoms with Crippen LogP contribution in [0, 0.1) is 0 Å². The number of hydrogen-bond acceptors (Lipinski definition) is 2. The molecule has 0 aliphatic heterocycles. The molecular weight excluding hydrogens is 725 g/mol. The van der Waals surface area contributed by atoms with Crippen LogP contribution in [0.1, 0.15) is 269 Å². The van der Waals surface area contributed by atoms with Gasteiger partial charge in [-0.1, -0.05) is 226 Å². The van der Waals surface area contributed by atoms with Crippen molar-refractivity contribution in [1.29, 1.82) is 0 Å². The van der Waals surface area contributed by atoms with Gasteiger partial charge in [-0.05, 0) is 117 Å². The Labute approximate surface area is 374 Å². The van der Waals surface area contributed by atoms with Gasteiger partial charge in [0.25, 0.3) is 0 Å². The summed E-state index contributed by atoms with van der Waals surface area (Å²) in [5.74, 6) is 0. The molecule has 0 aromatic heterocycles. The SMILES string of the molecule is CCCCCCCCCCCCCCCCCCCCCC/C=C/C(C=Nc1ccc(CCCCC)c(CCCCC)c1)=Nc1ccc(CCCCC)c(CCCCC)c1. The molecule has 2 aromatic rings. The first-order valence-electron chi connectivity index (χ1n) is 26.7. The lowest BCUT2D eigenvalue weighted by Crippen LogP contribution is -1.98. The molecule has 340 valence electrons. The van der Waals surface area contributed by atoms with E-state index in [9.17, 15) is 0 Å². The number of unbranched alkanes of at least 4 members (excludes halogenated alkanes) is 28. The number of benzene rings is 2. The monoisotopic (exact) mass is 823 g/mol. The number of aryl methyl sites for hydroxylation is 4. The van der Waals surface area contributed by atoms with Gasteiger partial charge in [0.2, 0.25) is 0 Å². The second-order valence-corrected chi connectivity index (χ2v) is 18.4. The maximum atomic E-state index is 5.26. The molecule has 2 nitrogen and oxygen atoms in total. The average Bonchev–Trinajstić information content (AvgIpc) is 3.26. The standard InChI is InChI=1S/C58H98N2/c1-6-11-16-17-18-19-20-21-22-23-24-25-26-27-28-29-30-31-32-33-34-39-44-58(60-57-48-46-53(41-36-13-8-3)55(50-57)43-38-15-10-5)51-59-56-47-45-52(40-35-12-7-2)54(49-56)42-37-14-9-4/h39,44-51H,6-38,40-43H2,1-5H3/b44-39+,59-51?,60-58?. The first-order chi connectivity index (χ1) is 29.6. The summed E-state index contributed by atoms with van der Waals surface area (Å²) in [5, 5.41) is 0. The molecule has 0 radical (unpaired) electrons. The van der Waals surface area contributed by atoms with E-state index in [0.29, 0.717) is 0 Å². The highest BCUT2D eigenvalue weighted by Gasteiger charge is 2.07. The first kappa shape index (κ1) is 53.7. The second-order valence-electron chi connectivity index (χ2n) is 18.4. The molecule has 0 saturated heterocycles. The van der Waals surface area contributed by atoms with Gasteiger partial charge in [-0.2, -0.15) is 0 Å². The Balaban J connectivity index is 1.93. The predicted octanol–water partition coefficient (Wildman–Crippen LogP) is 19.9. The molecule has 0 N–H and O–H groups in total. The molecule has 2 rings (SSSR count). The summed E-state index contributed by atoms with van der Waals surface area (Å²) in [7, 11) is 0. The summed E-state index contributed by atoms with van der Waals surface area (Å²) in [6.45, 7) is 11.5. The minimum absolute atomic E-state index is 0.959. The first-order valence-corrected chi connectivity index (χ1v) is 26.7. The van der Waals surface area contributed by atoms with Crippen molar-refractivity contribution >= 4 is 23.3 Å². The summed E-state index contributed by atoms with van der Waals surface area (Å²) in [6.07, 6.45) is 56.2. The average molecular weight is 823 g/mol. The lowest BCUT2D eigenvalue weighted by molar-refractivity contribution is 0.522. The van der Waals surface area contributed by atoms with Gasteiger partial charge in [-0.15, -0.1) is 0 Å². The van der Waals surface area contributed by atoms with Crippen LogP contribution in [0.25, 0.3) is 0 Å². The van der Waals surface area contributed by atoms with Gasteiger partial charge >= 0.3 is 0 Å². The number of rotatable bonds is 41. The Hall–Kier alpha value is -2.48. The summed E-state index contributed by atoms with van der Waals surface area (Å²) >= 11 is 0. The van der Waals surface area contributed by atoms with Gasteiger partial charge in [0.15, 0.2) is 0 Å². The Kier molecular flexibility index (Phi) is 35.2. The third-order valence-corrected chi connectivity index (χ3v) is 12.7. The van der Waals surface area contributed by atoms with E-state index in [1.54, 1.807) is 0 Å². The van der Waals surface area contributed by atoms with E-state index in [0.717, 1.165) is 36.3 Å². The zero-order valence-corrected chi connectivity index (χ0v) is 40.8. The fourth-order valence-electron chi connectivity index (χ4n) is 8.71. The Bertz CT molecular complexity index is 1360. The van der Waals surface area contributed by atoms with Crippen molar-refractivity contribution < 1.29 is 0 Å². The summed E-state index contributed by atoms with van der Waals surface area (Å²) in [5.41, 5.74) is 9.13. The predicted molar refractivity (Wildman–Crippen MR) is 273 cm³/mol. The second kappa shape index (κ2) is 39.4. The van der Waals surface area contributed by atoms with E-state index < -0.39 is 0 Å². The van der Waals surface area contributed by atoms with Gasteiger partial charge in [0, 0.05) is 0 Å². The summed E-state index contributed by atoms with van der Waals surface area (Å²) in [4.78, 5) is 10.3. The number of aliphatic imine (C=N–C) groups is 2. The highest BCUT2D eigenvalue weighted by atomic mass is 14.8. The molecule has 0 aliphatic rings. The quantitative estimate of drug-likeness (QED) is 0.0471. The number of allylic oxidation sites excluding steroid dienone is 2. The minimum Gasteiger partial charge on any atom is -0.255 e. The smallest absolute Gasteiger partial charge is 0.0816 e. The Morgan fingerprint density at radius 2 is 0.700 bits per heavy atom. The maximum absolute atomic E-state index is 5.26. The van der Waals surface area contributed by atoms with Crippen molar-refractivity contribution in [1.82, 2.24) is 0 Å². The zero-order valence-electron chi connectivity index (χ0n) is 40.8. The third-order valence-electron chi connectivity index (χ3n) is 12.7. The van der Waals surface area contributed by atoms with E-state index in [-0.39, 0.29) is 0 Å². The maximum Gasteiger partial charge on any atom is 0.0816 e. The van der Waals surface area contributed by atoms with Crippen LogP contribution in [0.5, 0.6) is 0 Å². The highest BCUT2D eigenvalue weighted by molar-refractivity contribution is 6.36. The molecule has 0 fully saturated rings. The molecule has 60 heavy (non-hydrogen) atoms. The van der Waals surface area contributed by atoms with Crippen molar-refractivity contribution in [3.05, 3.63) is 70.8 Å². The van der Waals surface area contributed by atoms with Gasteiger partial charge in [0.05, 0.1) is 23.3 Å². The molecule has 0 heterocycles. The molecule has 0 spiro atoms. The van der Waals surface area contributed by atoms with Gasteiger partial charge in [-0.3, -0.25) is 4.99 Å². The Morgan fingerprint density at radius 3 is 1.12 bits per heavy atom. The van der Waals surface area contributed by atoms with Gasteiger partial charge < -0.3 is 0 Å². The fraction of sp³-hybridized carbons (Fsp3) is 0.724. The molecule has 0 atom stereocenters. The molecule has 0 aliphatic carbocycles. The van der Waals surface area contributed by atoms with Crippen LogP contribution in [-0.4, -0.2) is 11.9 Å². The normalized spacial score (nSPS) is 12.2. The molecule has 0 saturated carbocycles. The fourth-order valence-corrected chi connectivity index (χ4v) is 8.71. The molecule has 2 heteroatoms. The van der Waals surface area contributed by atoms with Crippen molar-refractivity contribution in [2.75, 3.05) is 0 Å². The molecular formula is C58H98N2. The molecule has 0 amide bonds. The van der Waals surface area contributed by atoms with Crippen LogP contribution in [-0.2, 0) is 25.7 Å². The largest absolute Gasteiger partial charge is 0.255 e. The van der Waals surface area contributed by atoms with Crippen molar-refractivity contribution in [3.63, 3.8) is 0 Å². The van der Waals surface area contributed by atoms with Crippen LogP contribution < -0.4 is 0 Å². The zero-order chi connectivity index (χ0) is 43.0. The molecule has 2 aromatic carbocycles.